The summed E-state index contributed by atoms with van der Waals surface area (Å²) in [6.07, 6.45) is 5.94. The predicted molar refractivity (Wildman–Crippen MR) is 103 cm³/mol. The maximum atomic E-state index is 12.8. The van der Waals surface area contributed by atoms with Crippen molar-refractivity contribution < 1.29 is 13.2 Å². The van der Waals surface area contributed by atoms with E-state index in [4.69, 9.17) is 0 Å². The second-order valence-electron chi connectivity index (χ2n) is 8.54. The van der Waals surface area contributed by atoms with Gasteiger partial charge in [-0.1, -0.05) is 31.0 Å². The first-order valence-electron chi connectivity index (χ1n) is 10.4. The van der Waals surface area contributed by atoms with Crippen LogP contribution in [-0.4, -0.2) is 22.5 Å². The standard InChI is InChI=1S/C23H25F3N2/c24-23(25,26)22-10-8-17(14-27-22)15-7-9-19-16-4-3-11-28(18-5-1-2-6-18)21(13-16)20(19)12-15/h7-10,12,14,16,18,21H,1-6,11,13H2. The van der Waals surface area contributed by atoms with Crippen molar-refractivity contribution in [2.45, 2.75) is 69.1 Å². The summed E-state index contributed by atoms with van der Waals surface area (Å²) < 4.78 is 38.4. The average molecular weight is 386 g/mol. The molecule has 1 saturated heterocycles. The fourth-order valence-electron chi connectivity index (χ4n) is 5.61. The summed E-state index contributed by atoms with van der Waals surface area (Å²) in [7, 11) is 0. The third kappa shape index (κ3) is 3.14. The van der Waals surface area contributed by atoms with E-state index < -0.39 is 11.9 Å². The quantitative estimate of drug-likeness (QED) is 0.599. The lowest BCUT2D eigenvalue weighted by atomic mass is 9.93. The van der Waals surface area contributed by atoms with Gasteiger partial charge in [-0.25, -0.2) is 0 Å². The van der Waals surface area contributed by atoms with Crippen molar-refractivity contribution in [1.29, 1.82) is 0 Å². The van der Waals surface area contributed by atoms with E-state index in [1.54, 1.807) is 6.07 Å². The topological polar surface area (TPSA) is 16.1 Å². The van der Waals surface area contributed by atoms with Crippen LogP contribution in [0, 0.1) is 0 Å². The van der Waals surface area contributed by atoms with Crippen LogP contribution in [0.15, 0.2) is 36.5 Å². The smallest absolute Gasteiger partial charge is 0.293 e. The van der Waals surface area contributed by atoms with Gasteiger partial charge in [0, 0.05) is 23.8 Å². The minimum atomic E-state index is -4.40. The molecule has 0 spiro atoms. The average Bonchev–Trinajstić information content (AvgIpc) is 3.27. The SMILES string of the molecule is FC(F)(F)c1ccc(-c2ccc3c(c2)C2CC3CCCN2C2CCCC2)cn1. The van der Waals surface area contributed by atoms with Gasteiger partial charge in [0.25, 0.3) is 0 Å². The van der Waals surface area contributed by atoms with Gasteiger partial charge in [0.2, 0.25) is 0 Å². The molecule has 2 atom stereocenters. The van der Waals surface area contributed by atoms with Crippen LogP contribution in [0.4, 0.5) is 13.2 Å². The Hall–Kier alpha value is -1.88. The van der Waals surface area contributed by atoms with Crippen molar-refractivity contribution in [3.8, 4) is 11.1 Å². The Morgan fingerprint density at radius 2 is 1.68 bits per heavy atom. The highest BCUT2D eigenvalue weighted by atomic mass is 19.4. The van der Waals surface area contributed by atoms with E-state index in [1.807, 2.05) is 0 Å². The lowest BCUT2D eigenvalue weighted by Crippen LogP contribution is -2.36. The molecule has 1 aromatic heterocycles. The van der Waals surface area contributed by atoms with Crippen LogP contribution in [0.1, 0.15) is 73.7 Å². The van der Waals surface area contributed by atoms with Crippen molar-refractivity contribution in [3.05, 3.63) is 53.3 Å². The van der Waals surface area contributed by atoms with Crippen LogP contribution < -0.4 is 0 Å². The monoisotopic (exact) mass is 386 g/mol. The second kappa shape index (κ2) is 6.87. The minimum Gasteiger partial charge on any atom is -0.293 e. The Balaban J connectivity index is 1.49. The Morgan fingerprint density at radius 1 is 0.893 bits per heavy atom. The zero-order valence-electron chi connectivity index (χ0n) is 15.9. The molecule has 0 amide bonds. The second-order valence-corrected chi connectivity index (χ2v) is 8.54. The number of alkyl halides is 3. The molecule has 2 unspecified atom stereocenters. The molecular weight excluding hydrogens is 361 g/mol. The summed E-state index contributed by atoms with van der Waals surface area (Å²) in [6, 6.07) is 10.3. The van der Waals surface area contributed by atoms with E-state index in [-0.39, 0.29) is 0 Å². The number of hydrogen-bond acceptors (Lipinski definition) is 2. The lowest BCUT2D eigenvalue weighted by Gasteiger charge is -2.34. The van der Waals surface area contributed by atoms with E-state index in [0.717, 1.165) is 17.2 Å². The Kier molecular flexibility index (Phi) is 4.46. The van der Waals surface area contributed by atoms with Crippen LogP contribution in [0.2, 0.25) is 0 Å². The molecule has 1 aliphatic heterocycles. The van der Waals surface area contributed by atoms with Gasteiger partial charge < -0.3 is 0 Å². The van der Waals surface area contributed by atoms with Crippen LogP contribution in [0.25, 0.3) is 11.1 Å². The zero-order valence-corrected chi connectivity index (χ0v) is 15.9. The maximum Gasteiger partial charge on any atom is 0.433 e. The Morgan fingerprint density at radius 3 is 2.39 bits per heavy atom. The molecule has 3 aliphatic rings. The summed E-state index contributed by atoms with van der Waals surface area (Å²) in [4.78, 5) is 6.39. The number of rotatable bonds is 2. The molecule has 0 N–H and O–H groups in total. The number of aromatic nitrogens is 1. The normalized spacial score (nSPS) is 25.7. The van der Waals surface area contributed by atoms with Gasteiger partial charge in [-0.2, -0.15) is 13.2 Å². The maximum absolute atomic E-state index is 12.8. The van der Waals surface area contributed by atoms with Gasteiger partial charge in [-0.3, -0.25) is 9.88 Å². The van der Waals surface area contributed by atoms with Crippen LogP contribution in [-0.2, 0) is 6.18 Å². The van der Waals surface area contributed by atoms with Crippen LogP contribution >= 0.6 is 0 Å². The Bertz CT molecular complexity index is 853. The predicted octanol–water partition coefficient (Wildman–Crippen LogP) is 6.33. The molecular formula is C23H25F3N2. The molecule has 2 heterocycles. The van der Waals surface area contributed by atoms with E-state index >= 15 is 0 Å². The van der Waals surface area contributed by atoms with Crippen LogP contribution in [0.5, 0.6) is 0 Å². The summed E-state index contributed by atoms with van der Waals surface area (Å²) in [5.41, 5.74) is 3.74. The molecule has 1 saturated carbocycles. The molecule has 5 heteroatoms. The molecule has 5 rings (SSSR count). The fraction of sp³-hybridized carbons (Fsp3) is 0.522. The summed E-state index contributed by atoms with van der Waals surface area (Å²) in [5, 5.41) is 0. The summed E-state index contributed by atoms with van der Waals surface area (Å²) in [5.74, 6) is 0.631. The molecule has 2 fully saturated rings. The number of benzene rings is 1. The number of hydrogen-bond donors (Lipinski definition) is 0. The van der Waals surface area contributed by atoms with E-state index in [9.17, 15) is 13.2 Å². The molecule has 2 nitrogen and oxygen atoms in total. The largest absolute Gasteiger partial charge is 0.433 e. The fourth-order valence-corrected chi connectivity index (χ4v) is 5.61. The highest BCUT2D eigenvalue weighted by molar-refractivity contribution is 5.65. The highest BCUT2D eigenvalue weighted by Crippen LogP contribution is 2.50. The number of fused-ring (bicyclic) bond motifs is 5. The van der Waals surface area contributed by atoms with Crippen LogP contribution in [0.3, 0.4) is 0 Å². The molecule has 2 aromatic rings. The molecule has 2 bridgehead atoms. The first kappa shape index (κ1) is 18.2. The van der Waals surface area contributed by atoms with E-state index in [2.05, 4.69) is 28.1 Å². The lowest BCUT2D eigenvalue weighted by molar-refractivity contribution is -0.141. The summed E-state index contributed by atoms with van der Waals surface area (Å²) in [6.45, 7) is 1.18. The van der Waals surface area contributed by atoms with Crippen molar-refractivity contribution >= 4 is 0 Å². The molecule has 2 aliphatic carbocycles. The van der Waals surface area contributed by atoms with Crippen molar-refractivity contribution in [3.63, 3.8) is 0 Å². The molecule has 0 radical (unpaired) electrons. The highest BCUT2D eigenvalue weighted by Gasteiger charge is 2.40. The van der Waals surface area contributed by atoms with Gasteiger partial charge in [0.15, 0.2) is 0 Å². The minimum absolute atomic E-state index is 0.466. The molecule has 28 heavy (non-hydrogen) atoms. The van der Waals surface area contributed by atoms with Gasteiger partial charge in [-0.05, 0) is 73.4 Å². The Labute approximate surface area is 163 Å². The third-order valence-electron chi connectivity index (χ3n) is 6.94. The molecule has 148 valence electrons. The molecule has 1 aromatic carbocycles. The number of nitrogens with zero attached hydrogens (tertiary/aromatic N) is 2. The van der Waals surface area contributed by atoms with E-state index in [0.29, 0.717) is 18.0 Å². The summed E-state index contributed by atoms with van der Waals surface area (Å²) >= 11 is 0. The van der Waals surface area contributed by atoms with Gasteiger partial charge in [0.1, 0.15) is 5.69 Å². The number of pyridine rings is 1. The van der Waals surface area contributed by atoms with Crippen molar-refractivity contribution in [2.24, 2.45) is 0 Å². The van der Waals surface area contributed by atoms with Crippen molar-refractivity contribution in [1.82, 2.24) is 9.88 Å². The zero-order chi connectivity index (χ0) is 19.3. The number of halogens is 3. The third-order valence-corrected chi connectivity index (χ3v) is 6.94. The first-order valence-corrected chi connectivity index (χ1v) is 10.4. The number of likely N-dealkylation sites (tertiary alicyclic amines) is 1. The van der Waals surface area contributed by atoms with Gasteiger partial charge in [-0.15, -0.1) is 0 Å². The van der Waals surface area contributed by atoms with Gasteiger partial charge in [0.05, 0.1) is 0 Å². The van der Waals surface area contributed by atoms with E-state index in [1.165, 1.54) is 68.8 Å². The van der Waals surface area contributed by atoms with Gasteiger partial charge >= 0.3 is 6.18 Å². The van der Waals surface area contributed by atoms with Crippen molar-refractivity contribution in [2.75, 3.05) is 6.54 Å². The first-order chi connectivity index (χ1) is 13.5.